The monoisotopic (exact) mass is 101 g/mol. The zero-order valence-electron chi connectivity index (χ0n) is 6.72. The van der Waals surface area contributed by atoms with Crippen molar-refractivity contribution in [1.82, 2.24) is 5.31 Å². The lowest BCUT2D eigenvalue weighted by Crippen LogP contribution is -2.23. The summed E-state index contributed by atoms with van der Waals surface area (Å²) in [4.78, 5) is 0. The summed E-state index contributed by atoms with van der Waals surface area (Å²) in [7, 11) is 0. The van der Waals surface area contributed by atoms with Crippen LogP contribution in [0.5, 0.6) is 0 Å². The Morgan fingerprint density at radius 1 is 1.71 bits per heavy atom. The first kappa shape index (κ1) is 3.08. The summed E-state index contributed by atoms with van der Waals surface area (Å²) in [6, 6.07) is 0.584. The lowest BCUT2D eigenvalue weighted by molar-refractivity contribution is 0.596. The van der Waals surface area contributed by atoms with Gasteiger partial charge in [-0.05, 0) is 26.7 Å². The molecule has 1 N–H and O–H groups in total. The first-order valence-electron chi connectivity index (χ1n) is 3.97. The van der Waals surface area contributed by atoms with Crippen LogP contribution in [0.15, 0.2) is 0 Å². The molecule has 0 bridgehead atoms. The molecule has 1 saturated heterocycles. The molecule has 0 spiro atoms. The highest BCUT2D eigenvalue weighted by atomic mass is 15.0. The summed E-state index contributed by atoms with van der Waals surface area (Å²) in [5.74, 6) is 0. The van der Waals surface area contributed by atoms with Crippen molar-refractivity contribution >= 4 is 0 Å². The van der Waals surface area contributed by atoms with Crippen LogP contribution in [-0.4, -0.2) is 12.1 Å². The van der Waals surface area contributed by atoms with Gasteiger partial charge in [-0.2, -0.15) is 0 Å². The first-order chi connectivity index (χ1) is 4.25. The average Bonchev–Trinajstić information content (AvgIpc) is 2.15. The Labute approximate surface area is 48.0 Å². The Morgan fingerprint density at radius 2 is 2.43 bits per heavy atom. The molecule has 0 aromatic rings. The molecular formula is C6H13N. The highest BCUT2D eigenvalue weighted by molar-refractivity contribution is 4.76. The van der Waals surface area contributed by atoms with Crippen molar-refractivity contribution < 1.29 is 2.78 Å². The molecule has 0 aliphatic carbocycles. The van der Waals surface area contributed by atoms with Crippen LogP contribution in [0.3, 0.4) is 0 Å². The highest BCUT2D eigenvalue weighted by Crippen LogP contribution is 2.09. The molecule has 0 aromatic carbocycles. The van der Waals surface area contributed by atoms with Crippen molar-refractivity contribution in [1.29, 1.82) is 0 Å². The normalized spacial score (nSPS) is 48.7. The predicted molar refractivity (Wildman–Crippen MR) is 31.3 cm³/mol. The fourth-order valence-electron chi connectivity index (χ4n) is 0.943. The number of hydrogen-bond donors (Lipinski definition) is 1. The summed E-state index contributed by atoms with van der Waals surface area (Å²) < 4.78 is 14.5. The zero-order valence-corrected chi connectivity index (χ0v) is 4.72. The second kappa shape index (κ2) is 1.83. The van der Waals surface area contributed by atoms with Crippen molar-refractivity contribution in [3.05, 3.63) is 0 Å². The van der Waals surface area contributed by atoms with Crippen molar-refractivity contribution in [2.45, 2.75) is 38.7 Å². The Hall–Kier alpha value is -0.0400. The molecule has 1 aliphatic rings. The highest BCUT2D eigenvalue weighted by Gasteiger charge is 2.14. The molecule has 1 heterocycles. The Morgan fingerprint density at radius 3 is 2.71 bits per heavy atom. The maximum Gasteiger partial charge on any atom is 0.123 e. The Balaban J connectivity index is 2.41. The predicted octanol–water partition coefficient (Wildman–Crippen LogP) is 1.15. The summed E-state index contributed by atoms with van der Waals surface area (Å²) in [6.07, 6.45) is 2.13. The molecule has 1 fully saturated rings. The van der Waals surface area contributed by atoms with Gasteiger partial charge in [0.15, 0.2) is 0 Å². The third kappa shape index (κ3) is 1.16. The minimum absolute atomic E-state index is 0.208. The van der Waals surface area contributed by atoms with E-state index in [1.54, 1.807) is 5.31 Å². The quantitative estimate of drug-likeness (QED) is 0.482. The van der Waals surface area contributed by atoms with Crippen molar-refractivity contribution in [3.63, 3.8) is 0 Å². The second-order valence-corrected chi connectivity index (χ2v) is 2.23. The van der Waals surface area contributed by atoms with E-state index < -0.39 is 0 Å². The van der Waals surface area contributed by atoms with Gasteiger partial charge in [-0.1, -0.05) is 0 Å². The van der Waals surface area contributed by atoms with Gasteiger partial charge in [0.05, 0.1) is 0 Å². The van der Waals surface area contributed by atoms with Crippen LogP contribution in [0.25, 0.3) is 0 Å². The molecular weight excluding hydrogens is 86.1 g/mol. The van der Waals surface area contributed by atoms with Crippen molar-refractivity contribution in [2.75, 3.05) is 0 Å². The fourth-order valence-corrected chi connectivity index (χ4v) is 0.943. The lowest BCUT2D eigenvalue weighted by atomic mass is 10.2. The van der Waals surface area contributed by atoms with E-state index in [2.05, 4.69) is 0 Å². The molecule has 7 heavy (non-hydrogen) atoms. The fraction of sp³-hybridized carbons (Fsp3) is 1.00. The first-order valence-corrected chi connectivity index (χ1v) is 2.82. The van der Waals surface area contributed by atoms with E-state index in [9.17, 15) is 0 Å². The van der Waals surface area contributed by atoms with Gasteiger partial charge < -0.3 is 5.31 Å². The number of rotatable bonds is 0. The van der Waals surface area contributed by atoms with Crippen LogP contribution in [0, 0.1) is 0 Å². The smallest absolute Gasteiger partial charge is 0.123 e. The van der Waals surface area contributed by atoms with Crippen LogP contribution in [0.4, 0.5) is 0 Å². The average molecular weight is 101 g/mol. The summed E-state index contributed by atoms with van der Waals surface area (Å²) in [5, 5.41) is 1.56. The maximum atomic E-state index is 7.41. The molecule has 0 amide bonds. The van der Waals surface area contributed by atoms with Crippen LogP contribution in [-0.2, 0) is 0 Å². The van der Waals surface area contributed by atoms with Gasteiger partial charge in [-0.25, -0.2) is 0 Å². The second-order valence-electron chi connectivity index (χ2n) is 2.23. The largest absolute Gasteiger partial charge is 0.312 e. The Bertz CT molecular complexity index is 97.1. The van der Waals surface area contributed by atoms with E-state index >= 15 is 0 Å². The summed E-state index contributed by atoms with van der Waals surface area (Å²) in [6.45, 7) is 2.43. The molecule has 1 heteroatoms. The minimum Gasteiger partial charge on any atom is -0.312 e. The van der Waals surface area contributed by atoms with Gasteiger partial charge in [-0.3, -0.25) is 0 Å². The molecule has 0 saturated carbocycles. The molecule has 0 unspecified atom stereocenters. The summed E-state index contributed by atoms with van der Waals surface area (Å²) >= 11 is 0. The number of nitrogens with one attached hydrogen (secondary N) is 1. The van der Waals surface area contributed by atoms with Crippen molar-refractivity contribution in [3.8, 4) is 0 Å². The van der Waals surface area contributed by atoms with Crippen LogP contribution in [0.2, 0.25) is 1.41 Å². The van der Waals surface area contributed by atoms with E-state index in [-0.39, 0.29) is 6.04 Å². The molecule has 42 valence electrons. The van der Waals surface area contributed by atoms with Gasteiger partial charge in [-0.15, -0.1) is 0 Å². The van der Waals surface area contributed by atoms with E-state index in [1.807, 2.05) is 6.92 Å². The summed E-state index contributed by atoms with van der Waals surface area (Å²) in [5.41, 5.74) is 0. The zero-order chi connectivity index (χ0) is 6.85. The maximum absolute atomic E-state index is 7.41. The van der Waals surface area contributed by atoms with E-state index in [0.717, 1.165) is 12.8 Å². The van der Waals surface area contributed by atoms with Crippen LogP contribution >= 0.6 is 0 Å². The Kier molecular flexibility index (Phi) is 0.803. The molecule has 2 atom stereocenters. The van der Waals surface area contributed by atoms with Gasteiger partial charge in [0, 0.05) is 13.5 Å². The number of hydrogen-bond acceptors (Lipinski definition) is 1. The molecule has 1 nitrogen and oxygen atoms in total. The molecule has 1 aliphatic heterocycles. The van der Waals surface area contributed by atoms with E-state index in [1.165, 1.54) is 0 Å². The van der Waals surface area contributed by atoms with Crippen LogP contribution < -0.4 is 5.31 Å². The van der Waals surface area contributed by atoms with Crippen LogP contribution in [0.1, 0.15) is 28.0 Å². The third-order valence-electron chi connectivity index (χ3n) is 1.38. The van der Waals surface area contributed by atoms with Gasteiger partial charge >= 0.3 is 0 Å². The minimum atomic E-state index is 0.208. The SMILES string of the molecule is [2H]C[C@@H]1CC[C@H](C)N1[2H]. The van der Waals surface area contributed by atoms with Crippen molar-refractivity contribution in [2.24, 2.45) is 0 Å². The molecule has 0 aromatic heterocycles. The van der Waals surface area contributed by atoms with Gasteiger partial charge in [0.2, 0.25) is 0 Å². The molecule has 1 rings (SSSR count). The molecule has 0 radical (unpaired) electrons. The standard InChI is InChI=1S/C6H13N/c1-5-3-4-6(2)7-5/h5-7H,3-4H2,1-2H3/t5-,6+/i1D/hD/m1/s1. The lowest BCUT2D eigenvalue weighted by Gasteiger charge is -2.01. The third-order valence-corrected chi connectivity index (χ3v) is 1.38. The van der Waals surface area contributed by atoms with E-state index in [4.69, 9.17) is 2.78 Å². The van der Waals surface area contributed by atoms with Gasteiger partial charge in [0.25, 0.3) is 0 Å². The van der Waals surface area contributed by atoms with Gasteiger partial charge in [0.1, 0.15) is 1.41 Å². The topological polar surface area (TPSA) is 12.0 Å². The van der Waals surface area contributed by atoms with E-state index in [0.29, 0.717) is 12.9 Å².